The summed E-state index contributed by atoms with van der Waals surface area (Å²) in [6.07, 6.45) is 0. The summed E-state index contributed by atoms with van der Waals surface area (Å²) in [6, 6.07) is 15.5. The van der Waals surface area contributed by atoms with E-state index in [0.29, 0.717) is 39.3 Å². The summed E-state index contributed by atoms with van der Waals surface area (Å²) in [5.74, 6) is 1.15. The quantitative estimate of drug-likeness (QED) is 0.550. The molecule has 1 saturated heterocycles. The first-order chi connectivity index (χ1) is 15.0. The predicted molar refractivity (Wildman–Crippen MR) is 129 cm³/mol. The number of amides is 1. The average Bonchev–Trinajstić information content (AvgIpc) is 3.07. The highest BCUT2D eigenvalue weighted by Gasteiger charge is 2.26. The van der Waals surface area contributed by atoms with E-state index in [0.717, 1.165) is 30.1 Å². The number of thiazole rings is 1. The van der Waals surface area contributed by atoms with E-state index in [4.69, 9.17) is 34.3 Å². The van der Waals surface area contributed by atoms with Crippen LogP contribution < -0.4 is 15.4 Å². The Morgan fingerprint density at radius 3 is 2.52 bits per heavy atom. The second-order valence-electron chi connectivity index (χ2n) is 7.28. The van der Waals surface area contributed by atoms with Crippen molar-refractivity contribution in [1.82, 2.24) is 9.47 Å². The van der Waals surface area contributed by atoms with E-state index in [1.165, 1.54) is 11.3 Å². The largest absolute Gasteiger partial charge is 0.497 e. The number of nitrogens with two attached hydrogens (primary N) is 1. The van der Waals surface area contributed by atoms with Gasteiger partial charge in [-0.2, -0.15) is 0 Å². The molecule has 1 aromatic heterocycles. The third-order valence-corrected chi connectivity index (χ3v) is 7.06. The lowest BCUT2D eigenvalue weighted by atomic mass is 10.2. The fourth-order valence-electron chi connectivity index (χ4n) is 3.62. The van der Waals surface area contributed by atoms with Gasteiger partial charge in [0.25, 0.3) is 5.91 Å². The third kappa shape index (κ3) is 4.71. The fraction of sp³-hybridized carbons (Fsp3) is 0.273. The Balaban J connectivity index is 1.45. The van der Waals surface area contributed by atoms with Gasteiger partial charge < -0.3 is 24.8 Å². The van der Waals surface area contributed by atoms with Gasteiger partial charge in [-0.1, -0.05) is 41.1 Å². The van der Waals surface area contributed by atoms with Crippen molar-refractivity contribution in [2.75, 3.05) is 43.9 Å². The van der Waals surface area contributed by atoms with Gasteiger partial charge in [-0.25, -0.2) is 0 Å². The Kier molecular flexibility index (Phi) is 6.50. The normalized spacial score (nSPS) is 14.0. The highest BCUT2D eigenvalue weighted by atomic mass is 35.5. The van der Waals surface area contributed by atoms with E-state index in [2.05, 4.69) is 4.90 Å². The summed E-state index contributed by atoms with van der Waals surface area (Å²) in [6.45, 7) is 3.23. The number of rotatable bonds is 5. The molecule has 1 amide bonds. The van der Waals surface area contributed by atoms with Crippen molar-refractivity contribution in [3.63, 3.8) is 0 Å². The molecule has 2 aromatic carbocycles. The lowest BCUT2D eigenvalue weighted by Crippen LogP contribution is -2.48. The molecule has 3 aromatic rings. The zero-order valence-electron chi connectivity index (χ0n) is 17.1. The number of benzene rings is 2. The van der Waals surface area contributed by atoms with E-state index in [-0.39, 0.29) is 5.91 Å². The smallest absolute Gasteiger partial charge is 0.267 e. The van der Waals surface area contributed by atoms with Crippen molar-refractivity contribution in [2.24, 2.45) is 0 Å². The van der Waals surface area contributed by atoms with Crippen LogP contribution in [0.5, 0.6) is 5.75 Å². The van der Waals surface area contributed by atoms with Gasteiger partial charge in [0, 0.05) is 36.9 Å². The third-order valence-electron chi connectivity index (χ3n) is 5.37. The first-order valence-corrected chi connectivity index (χ1v) is 11.5. The molecule has 0 unspecified atom stereocenters. The number of piperazine rings is 1. The molecule has 0 saturated carbocycles. The summed E-state index contributed by atoms with van der Waals surface area (Å²) in [5.41, 5.74) is 8.47. The molecule has 0 spiro atoms. The summed E-state index contributed by atoms with van der Waals surface area (Å²) < 4.78 is 7.61. The highest BCUT2D eigenvalue weighted by molar-refractivity contribution is 7.73. The monoisotopic (exact) mass is 474 g/mol. The molecule has 0 radical (unpaired) electrons. The van der Waals surface area contributed by atoms with Gasteiger partial charge in [-0.3, -0.25) is 4.79 Å². The summed E-state index contributed by atoms with van der Waals surface area (Å²) >= 11 is 12.9. The van der Waals surface area contributed by atoms with Crippen LogP contribution in [0, 0.1) is 3.95 Å². The van der Waals surface area contributed by atoms with Crippen molar-refractivity contribution < 1.29 is 9.53 Å². The number of carbonyl (C=O) groups excluding carboxylic acids is 1. The Bertz CT molecular complexity index is 1140. The Morgan fingerprint density at radius 1 is 1.16 bits per heavy atom. The van der Waals surface area contributed by atoms with Gasteiger partial charge in [0.05, 0.1) is 13.7 Å². The molecule has 1 aliphatic rings. The standard InChI is InChI=1S/C22H23ClN4O2S2/c1-29-18-7-5-15(6-8-18)14-27-20(24)19(31-22(27)30)21(28)26-11-9-25(10-12-26)17-4-2-3-16(23)13-17/h2-8,13H,9-12,14,24H2,1H3. The summed E-state index contributed by atoms with van der Waals surface area (Å²) in [5, 5.41) is 0.710. The summed E-state index contributed by atoms with van der Waals surface area (Å²) in [4.78, 5) is 17.7. The number of halogens is 1. The molecule has 0 bridgehead atoms. The van der Waals surface area contributed by atoms with Crippen LogP contribution in [0.3, 0.4) is 0 Å². The van der Waals surface area contributed by atoms with Crippen molar-refractivity contribution in [2.45, 2.75) is 6.54 Å². The Morgan fingerprint density at radius 2 is 1.87 bits per heavy atom. The molecule has 0 aliphatic carbocycles. The molecule has 0 atom stereocenters. The minimum absolute atomic E-state index is 0.0622. The number of nitrogens with zero attached hydrogens (tertiary/aromatic N) is 3. The number of anilines is 2. The van der Waals surface area contributed by atoms with E-state index < -0.39 is 0 Å². The highest BCUT2D eigenvalue weighted by Crippen LogP contribution is 2.27. The van der Waals surface area contributed by atoms with Gasteiger partial charge in [0.2, 0.25) is 0 Å². The number of aromatic nitrogens is 1. The molecule has 2 heterocycles. The molecular weight excluding hydrogens is 452 g/mol. The molecule has 2 N–H and O–H groups in total. The zero-order chi connectivity index (χ0) is 22.0. The zero-order valence-corrected chi connectivity index (χ0v) is 19.5. The van der Waals surface area contributed by atoms with Gasteiger partial charge in [-0.15, -0.1) is 0 Å². The minimum Gasteiger partial charge on any atom is -0.497 e. The van der Waals surface area contributed by atoms with Crippen LogP contribution in [-0.4, -0.2) is 48.7 Å². The van der Waals surface area contributed by atoms with E-state index in [1.807, 2.05) is 58.0 Å². The van der Waals surface area contributed by atoms with Crippen LogP contribution in [0.1, 0.15) is 15.2 Å². The molecule has 4 rings (SSSR count). The van der Waals surface area contributed by atoms with Crippen LogP contribution in [0.2, 0.25) is 5.02 Å². The van der Waals surface area contributed by atoms with Gasteiger partial charge in [0.1, 0.15) is 16.4 Å². The predicted octanol–water partition coefficient (Wildman–Crippen LogP) is 4.53. The van der Waals surface area contributed by atoms with Crippen LogP contribution in [0.25, 0.3) is 0 Å². The topological polar surface area (TPSA) is 63.7 Å². The van der Waals surface area contributed by atoms with Crippen LogP contribution in [-0.2, 0) is 6.54 Å². The van der Waals surface area contributed by atoms with Crippen LogP contribution in [0.4, 0.5) is 11.5 Å². The fourth-order valence-corrected chi connectivity index (χ4v) is 5.09. The number of methoxy groups -OCH3 is 1. The summed E-state index contributed by atoms with van der Waals surface area (Å²) in [7, 11) is 1.63. The molecule has 9 heteroatoms. The maximum absolute atomic E-state index is 13.2. The number of ether oxygens (including phenoxy) is 1. The molecule has 6 nitrogen and oxygen atoms in total. The van der Waals surface area contributed by atoms with E-state index >= 15 is 0 Å². The second kappa shape index (κ2) is 9.30. The maximum Gasteiger partial charge on any atom is 0.267 e. The Hall–Kier alpha value is -2.55. The lowest BCUT2D eigenvalue weighted by Gasteiger charge is -2.36. The minimum atomic E-state index is -0.0622. The Labute approximate surface area is 195 Å². The van der Waals surface area contributed by atoms with Crippen molar-refractivity contribution in [1.29, 1.82) is 0 Å². The molecule has 1 aliphatic heterocycles. The van der Waals surface area contributed by atoms with Crippen LogP contribution in [0.15, 0.2) is 48.5 Å². The molecular formula is C22H23ClN4O2S2. The molecule has 162 valence electrons. The first-order valence-electron chi connectivity index (χ1n) is 9.88. The molecule has 31 heavy (non-hydrogen) atoms. The number of carbonyl (C=O) groups is 1. The second-order valence-corrected chi connectivity index (χ2v) is 9.36. The number of hydrogen-bond acceptors (Lipinski definition) is 6. The lowest BCUT2D eigenvalue weighted by molar-refractivity contribution is 0.0752. The first kappa shape index (κ1) is 21.7. The van der Waals surface area contributed by atoms with Crippen molar-refractivity contribution >= 4 is 52.6 Å². The SMILES string of the molecule is COc1ccc(Cn2c(N)c(C(=O)N3CCN(c4cccc(Cl)c4)CC3)sc2=S)cc1. The van der Waals surface area contributed by atoms with Crippen molar-refractivity contribution in [3.8, 4) is 5.75 Å². The van der Waals surface area contributed by atoms with Gasteiger partial charge in [0.15, 0.2) is 3.95 Å². The van der Waals surface area contributed by atoms with Crippen LogP contribution >= 0.6 is 35.2 Å². The van der Waals surface area contributed by atoms with E-state index in [1.54, 1.807) is 7.11 Å². The van der Waals surface area contributed by atoms with Crippen molar-refractivity contribution in [3.05, 3.63) is 67.9 Å². The van der Waals surface area contributed by atoms with Gasteiger partial charge in [-0.05, 0) is 48.1 Å². The maximum atomic E-state index is 13.2. The van der Waals surface area contributed by atoms with E-state index in [9.17, 15) is 4.79 Å². The van der Waals surface area contributed by atoms with Gasteiger partial charge >= 0.3 is 0 Å². The number of hydrogen-bond donors (Lipinski definition) is 1. The average molecular weight is 475 g/mol. The molecule has 1 fully saturated rings. The number of nitrogen functional groups attached to an aromatic ring is 1.